The number of likely N-dealkylation sites (N-methyl/N-ethyl adjacent to an activating group) is 1. The fraction of sp³-hybridized carbons (Fsp3) is 0.333. The van der Waals surface area contributed by atoms with Gasteiger partial charge in [0.2, 0.25) is 15.8 Å². The number of carbonyl (C=O) groups is 2. The van der Waals surface area contributed by atoms with Crippen LogP contribution in [-0.4, -0.2) is 49.2 Å². The number of sulfonamides is 1. The second kappa shape index (κ2) is 8.01. The van der Waals surface area contributed by atoms with Gasteiger partial charge < -0.3 is 9.30 Å². The van der Waals surface area contributed by atoms with Gasteiger partial charge in [0.1, 0.15) is 12.4 Å². The Bertz CT molecular complexity index is 964. The third-order valence-corrected chi connectivity index (χ3v) is 6.13. The van der Waals surface area contributed by atoms with Crippen LogP contribution in [0.5, 0.6) is 0 Å². The molecule has 146 valence electrons. The van der Waals surface area contributed by atoms with E-state index in [0.717, 1.165) is 40.0 Å². The van der Waals surface area contributed by atoms with Crippen LogP contribution in [0.2, 0.25) is 0 Å². The van der Waals surface area contributed by atoms with Gasteiger partial charge in [0, 0.05) is 31.0 Å². The highest BCUT2D eigenvalue weighted by Crippen LogP contribution is 2.16. The van der Waals surface area contributed by atoms with Crippen LogP contribution in [0.15, 0.2) is 35.2 Å². The molecule has 0 aliphatic heterocycles. The lowest BCUT2D eigenvalue weighted by atomic mass is 10.1. The molecule has 1 aromatic heterocycles. The smallest absolute Gasteiger partial charge is 0.321 e. The van der Waals surface area contributed by atoms with Gasteiger partial charge in [0.05, 0.1) is 4.90 Å². The van der Waals surface area contributed by atoms with Crippen LogP contribution in [0.4, 0.5) is 4.39 Å². The van der Waals surface area contributed by atoms with E-state index in [9.17, 15) is 22.4 Å². The summed E-state index contributed by atoms with van der Waals surface area (Å²) in [5.74, 6) is -1.79. The van der Waals surface area contributed by atoms with Gasteiger partial charge in [-0.3, -0.25) is 9.59 Å². The van der Waals surface area contributed by atoms with Crippen molar-refractivity contribution >= 4 is 21.8 Å². The van der Waals surface area contributed by atoms with Gasteiger partial charge in [0.15, 0.2) is 6.61 Å². The van der Waals surface area contributed by atoms with Gasteiger partial charge in [-0.25, -0.2) is 12.8 Å². The molecule has 1 aromatic carbocycles. The van der Waals surface area contributed by atoms with Crippen molar-refractivity contribution < 1.29 is 27.1 Å². The monoisotopic (exact) mass is 396 g/mol. The molecule has 0 saturated carbocycles. The number of aryl methyl sites for hydroxylation is 1. The molecular formula is C18H21FN2O5S. The molecule has 0 N–H and O–H groups in total. The summed E-state index contributed by atoms with van der Waals surface area (Å²) in [6, 6.07) is 5.95. The van der Waals surface area contributed by atoms with Crippen LogP contribution in [0.1, 0.15) is 21.7 Å². The van der Waals surface area contributed by atoms with Crippen molar-refractivity contribution in [2.75, 3.05) is 20.2 Å². The molecule has 2 aromatic rings. The highest BCUT2D eigenvalue weighted by Gasteiger charge is 2.24. The minimum Gasteiger partial charge on any atom is -0.456 e. The zero-order valence-electron chi connectivity index (χ0n) is 15.5. The zero-order valence-corrected chi connectivity index (χ0v) is 16.3. The molecule has 0 aliphatic rings. The summed E-state index contributed by atoms with van der Waals surface area (Å²) in [7, 11) is -0.950. The van der Waals surface area contributed by atoms with Crippen LogP contribution < -0.4 is 0 Å². The quantitative estimate of drug-likeness (QED) is 0.526. The molecule has 0 spiro atoms. The lowest BCUT2D eigenvalue weighted by molar-refractivity contribution is -0.142. The fourth-order valence-electron chi connectivity index (χ4n) is 2.46. The van der Waals surface area contributed by atoms with Gasteiger partial charge in [-0.15, -0.1) is 0 Å². The first kappa shape index (κ1) is 20.8. The molecule has 0 saturated heterocycles. The molecular weight excluding hydrogens is 375 g/mol. The van der Waals surface area contributed by atoms with Gasteiger partial charge in [-0.1, -0.05) is 0 Å². The largest absolute Gasteiger partial charge is 0.456 e. The number of hydrogen-bond acceptors (Lipinski definition) is 5. The standard InChI is InChI=1S/C18H21FN2O5S/c1-12-9-16(13(2)21(12)4)17(22)11-26-18(23)10-20(3)27(24,25)15-7-5-14(19)6-8-15/h5-9H,10-11H2,1-4H3. The van der Waals surface area contributed by atoms with Crippen molar-refractivity contribution in [1.29, 1.82) is 0 Å². The highest BCUT2D eigenvalue weighted by molar-refractivity contribution is 7.89. The second-order valence-electron chi connectivity index (χ2n) is 6.14. The first-order chi connectivity index (χ1) is 12.5. The molecule has 0 fully saturated rings. The van der Waals surface area contributed by atoms with E-state index < -0.39 is 35.0 Å². The summed E-state index contributed by atoms with van der Waals surface area (Å²) in [6.45, 7) is 2.59. The van der Waals surface area contributed by atoms with Crippen LogP contribution in [0.3, 0.4) is 0 Å². The SMILES string of the molecule is Cc1cc(C(=O)COC(=O)CN(C)S(=O)(=O)c2ccc(F)cc2)c(C)n1C. The van der Waals surface area contributed by atoms with E-state index >= 15 is 0 Å². The summed E-state index contributed by atoms with van der Waals surface area (Å²) in [5.41, 5.74) is 2.10. The zero-order chi connectivity index (χ0) is 20.4. The molecule has 7 nitrogen and oxygen atoms in total. The molecule has 0 radical (unpaired) electrons. The maximum atomic E-state index is 12.9. The molecule has 2 rings (SSSR count). The van der Waals surface area contributed by atoms with Crippen LogP contribution in [0.25, 0.3) is 0 Å². The third-order valence-electron chi connectivity index (χ3n) is 4.31. The average molecular weight is 396 g/mol. The molecule has 0 aliphatic carbocycles. The first-order valence-electron chi connectivity index (χ1n) is 8.07. The number of hydrogen-bond donors (Lipinski definition) is 0. The number of ether oxygens (including phenoxy) is 1. The van der Waals surface area contributed by atoms with Crippen molar-refractivity contribution in [3.8, 4) is 0 Å². The summed E-state index contributed by atoms with van der Waals surface area (Å²) < 4.78 is 45.2. The van der Waals surface area contributed by atoms with Gasteiger partial charge in [0.25, 0.3) is 0 Å². The Morgan fingerprint density at radius 2 is 1.78 bits per heavy atom. The predicted molar refractivity (Wildman–Crippen MR) is 96.4 cm³/mol. The van der Waals surface area contributed by atoms with E-state index in [1.807, 2.05) is 18.5 Å². The predicted octanol–water partition coefficient (Wildman–Crippen LogP) is 1.83. The third kappa shape index (κ3) is 4.61. The van der Waals surface area contributed by atoms with Crippen LogP contribution in [0, 0.1) is 19.7 Å². The van der Waals surface area contributed by atoms with Crippen LogP contribution >= 0.6 is 0 Å². The molecule has 9 heteroatoms. The number of halogens is 1. The van der Waals surface area contributed by atoms with Crippen molar-refractivity contribution in [2.45, 2.75) is 18.7 Å². The topological polar surface area (TPSA) is 85.7 Å². The Balaban J connectivity index is 1.97. The Labute approximate surface area is 157 Å². The molecule has 0 amide bonds. The summed E-state index contributed by atoms with van der Waals surface area (Å²) in [5, 5.41) is 0. The maximum Gasteiger partial charge on any atom is 0.321 e. The van der Waals surface area contributed by atoms with E-state index in [2.05, 4.69) is 0 Å². The number of Topliss-reactive ketones (excluding diaryl/α,β-unsaturated/α-hetero) is 1. The Hall–Kier alpha value is -2.52. The first-order valence-corrected chi connectivity index (χ1v) is 9.51. The number of nitrogens with zero attached hydrogens (tertiary/aromatic N) is 2. The van der Waals surface area contributed by atoms with Crippen LogP contribution in [-0.2, 0) is 26.6 Å². The van der Waals surface area contributed by atoms with Crippen molar-refractivity contribution in [3.63, 3.8) is 0 Å². The summed E-state index contributed by atoms with van der Waals surface area (Å²) >= 11 is 0. The number of aromatic nitrogens is 1. The normalized spacial score (nSPS) is 11.6. The number of rotatable bonds is 7. The summed E-state index contributed by atoms with van der Waals surface area (Å²) in [4.78, 5) is 24.0. The highest BCUT2D eigenvalue weighted by atomic mass is 32.2. The van der Waals surface area contributed by atoms with E-state index in [1.54, 1.807) is 13.0 Å². The average Bonchev–Trinajstić information content (AvgIpc) is 2.87. The van der Waals surface area contributed by atoms with Gasteiger partial charge in [-0.05, 0) is 44.2 Å². The number of benzene rings is 1. The Kier molecular flexibility index (Phi) is 6.17. The fourth-order valence-corrected chi connectivity index (χ4v) is 3.58. The van der Waals surface area contributed by atoms with E-state index in [1.165, 1.54) is 7.05 Å². The number of esters is 1. The lowest BCUT2D eigenvalue weighted by Crippen LogP contribution is -2.33. The van der Waals surface area contributed by atoms with Gasteiger partial charge in [-0.2, -0.15) is 4.31 Å². The Morgan fingerprint density at radius 1 is 1.19 bits per heavy atom. The Morgan fingerprint density at radius 3 is 2.30 bits per heavy atom. The summed E-state index contributed by atoms with van der Waals surface area (Å²) in [6.07, 6.45) is 0. The number of carbonyl (C=O) groups excluding carboxylic acids is 2. The maximum absolute atomic E-state index is 12.9. The van der Waals surface area contributed by atoms with E-state index in [4.69, 9.17) is 4.74 Å². The lowest BCUT2D eigenvalue weighted by Gasteiger charge is -2.16. The number of ketones is 1. The molecule has 0 unspecified atom stereocenters. The molecule has 1 heterocycles. The molecule has 0 bridgehead atoms. The van der Waals surface area contributed by atoms with E-state index in [-0.39, 0.29) is 10.7 Å². The molecule has 0 atom stereocenters. The van der Waals surface area contributed by atoms with E-state index in [0.29, 0.717) is 5.56 Å². The van der Waals surface area contributed by atoms with Crippen molar-refractivity contribution in [3.05, 3.63) is 53.1 Å². The molecule has 27 heavy (non-hydrogen) atoms. The second-order valence-corrected chi connectivity index (χ2v) is 8.19. The minimum absolute atomic E-state index is 0.148. The van der Waals surface area contributed by atoms with Crippen molar-refractivity contribution in [2.24, 2.45) is 7.05 Å². The van der Waals surface area contributed by atoms with Crippen molar-refractivity contribution in [1.82, 2.24) is 8.87 Å². The minimum atomic E-state index is -3.97. The van der Waals surface area contributed by atoms with Gasteiger partial charge >= 0.3 is 5.97 Å².